The monoisotopic (exact) mass is 824 g/mol. The van der Waals surface area contributed by atoms with Crippen LogP contribution in [0.2, 0.25) is 6.04 Å². The van der Waals surface area contributed by atoms with Gasteiger partial charge in [0.2, 0.25) is 0 Å². The van der Waals surface area contributed by atoms with Crippen LogP contribution in [-0.4, -0.2) is 35.2 Å². The highest BCUT2D eigenvalue weighted by molar-refractivity contribution is 6.60. The third-order valence-electron chi connectivity index (χ3n) is 12.5. The van der Waals surface area contributed by atoms with E-state index in [1.54, 1.807) is 0 Å². The Kier molecular flexibility index (Phi) is 48.8. The van der Waals surface area contributed by atoms with Gasteiger partial charge < -0.3 is 19.0 Å². The van der Waals surface area contributed by atoms with E-state index in [2.05, 4.69) is 27.7 Å². The molecular weight excluding hydrogens is 715 g/mol. The molecule has 0 aliphatic heterocycles. The van der Waals surface area contributed by atoms with Crippen LogP contribution in [0.3, 0.4) is 0 Å². The Hall–Kier alpha value is 0.0569. The van der Waals surface area contributed by atoms with Crippen molar-refractivity contribution < 1.29 is 13.3 Å². The number of rotatable bonds is 51. The predicted molar refractivity (Wildman–Crippen MR) is 258 cm³/mol. The lowest BCUT2D eigenvalue weighted by Gasteiger charge is -2.32. The first-order valence-electron chi connectivity index (χ1n) is 26.8. The van der Waals surface area contributed by atoms with Gasteiger partial charge in [-0.2, -0.15) is 0 Å². The topological polar surface area (TPSA) is 53.7 Å². The maximum absolute atomic E-state index is 6.79. The molecule has 0 rings (SSSR count). The fourth-order valence-electron chi connectivity index (χ4n) is 8.38. The van der Waals surface area contributed by atoms with Crippen LogP contribution in [0.15, 0.2) is 0 Å². The molecular formula is C52H109NO3Si. The lowest BCUT2D eigenvalue weighted by Crippen LogP contribution is -2.48. The summed E-state index contributed by atoms with van der Waals surface area (Å²) in [4.78, 5) is 0. The normalized spacial score (nSPS) is 12.6. The number of hydrogen-bond donors (Lipinski definition) is 1. The minimum atomic E-state index is -2.77. The Balaban J connectivity index is 4.53. The van der Waals surface area contributed by atoms with E-state index in [-0.39, 0.29) is 0 Å². The van der Waals surface area contributed by atoms with Gasteiger partial charge in [0.15, 0.2) is 0 Å². The van der Waals surface area contributed by atoms with Crippen LogP contribution in [0, 0.1) is 5.92 Å². The van der Waals surface area contributed by atoms with E-state index >= 15 is 0 Å². The van der Waals surface area contributed by atoms with Gasteiger partial charge in [0.05, 0.1) is 0 Å². The third kappa shape index (κ3) is 43.9. The SMILES string of the molecule is CCCCCCCCCCCCCCCCO[Si](CC(C)CN)(OCCCCCCCCCCCCCCCC)OCCCCCCCCCCCCCCCC. The average Bonchev–Trinajstić information content (AvgIpc) is 3.22. The van der Waals surface area contributed by atoms with E-state index in [1.807, 2.05) is 0 Å². The summed E-state index contributed by atoms with van der Waals surface area (Å²) in [6, 6.07) is 0.860. The van der Waals surface area contributed by atoms with Crippen molar-refractivity contribution in [1.29, 1.82) is 0 Å². The van der Waals surface area contributed by atoms with Gasteiger partial charge in [-0.25, -0.2) is 0 Å². The fraction of sp³-hybridized carbons (Fsp3) is 1.00. The van der Waals surface area contributed by atoms with E-state index in [1.165, 1.54) is 250 Å². The summed E-state index contributed by atoms with van der Waals surface area (Å²) in [5.74, 6) is 0.362. The van der Waals surface area contributed by atoms with Crippen molar-refractivity contribution in [3.63, 3.8) is 0 Å². The Labute approximate surface area is 362 Å². The Morgan fingerprint density at radius 2 is 0.474 bits per heavy atom. The largest absolute Gasteiger partial charge is 0.501 e. The predicted octanol–water partition coefficient (Wildman–Crippen LogP) is 18.0. The Morgan fingerprint density at radius 3 is 0.649 bits per heavy atom. The molecule has 1 atom stereocenters. The molecule has 0 aromatic heterocycles. The second kappa shape index (κ2) is 48.7. The zero-order valence-corrected chi connectivity index (χ0v) is 41.1. The van der Waals surface area contributed by atoms with Gasteiger partial charge in [-0.15, -0.1) is 0 Å². The zero-order valence-electron chi connectivity index (χ0n) is 40.1. The summed E-state index contributed by atoms with van der Waals surface area (Å²) >= 11 is 0. The van der Waals surface area contributed by atoms with Crippen molar-refractivity contribution in [2.45, 2.75) is 303 Å². The first-order valence-corrected chi connectivity index (χ1v) is 28.7. The van der Waals surface area contributed by atoms with Gasteiger partial charge in [0.25, 0.3) is 0 Å². The molecule has 0 aromatic carbocycles. The molecule has 0 saturated carbocycles. The van der Waals surface area contributed by atoms with Crippen LogP contribution < -0.4 is 5.73 Å². The standard InChI is InChI=1S/C52H109NO3Si/c1-5-8-11-14-17-20-23-26-29-32-35-38-41-44-47-54-57(51-52(4)50-53,55-48-45-42-39-36-33-30-27-24-21-18-15-12-9-6-2)56-49-46-43-40-37-34-31-28-25-22-19-16-13-10-7-3/h52H,5-51,53H2,1-4H3. The van der Waals surface area contributed by atoms with Crippen LogP contribution >= 0.6 is 0 Å². The van der Waals surface area contributed by atoms with Crippen molar-refractivity contribution in [2.24, 2.45) is 11.7 Å². The Morgan fingerprint density at radius 1 is 0.298 bits per heavy atom. The first kappa shape index (κ1) is 57.1. The minimum absolute atomic E-state index is 0.362. The molecule has 0 aromatic rings. The number of nitrogens with two attached hydrogens (primary N) is 1. The van der Waals surface area contributed by atoms with Crippen LogP contribution in [-0.2, 0) is 13.3 Å². The quantitative estimate of drug-likeness (QED) is 0.0490. The summed E-state index contributed by atoms with van der Waals surface area (Å²) in [7, 11) is -2.77. The van der Waals surface area contributed by atoms with Gasteiger partial charge in [-0.3, -0.25) is 0 Å². The number of unbranched alkanes of at least 4 members (excludes halogenated alkanes) is 39. The van der Waals surface area contributed by atoms with Gasteiger partial charge in [-0.1, -0.05) is 278 Å². The van der Waals surface area contributed by atoms with E-state index < -0.39 is 8.80 Å². The molecule has 1 unspecified atom stereocenters. The second-order valence-electron chi connectivity index (χ2n) is 18.6. The van der Waals surface area contributed by atoms with Gasteiger partial charge in [0.1, 0.15) is 0 Å². The minimum Gasteiger partial charge on any atom is -0.373 e. The highest BCUT2D eigenvalue weighted by atomic mass is 28.4. The molecule has 2 N–H and O–H groups in total. The maximum Gasteiger partial charge on any atom is 0.501 e. The molecule has 4 nitrogen and oxygen atoms in total. The molecule has 0 amide bonds. The van der Waals surface area contributed by atoms with Crippen molar-refractivity contribution in [2.75, 3.05) is 26.4 Å². The van der Waals surface area contributed by atoms with Gasteiger partial charge >= 0.3 is 8.80 Å². The van der Waals surface area contributed by atoms with E-state index in [0.717, 1.165) is 45.1 Å². The van der Waals surface area contributed by atoms with Crippen molar-refractivity contribution >= 4 is 8.80 Å². The summed E-state index contributed by atoms with van der Waals surface area (Å²) in [6.45, 7) is 12.2. The molecule has 5 heteroatoms. The summed E-state index contributed by atoms with van der Waals surface area (Å²) in [5, 5.41) is 0. The van der Waals surface area contributed by atoms with Crippen LogP contribution in [0.25, 0.3) is 0 Å². The zero-order chi connectivity index (χ0) is 41.4. The highest BCUT2D eigenvalue weighted by Gasteiger charge is 2.42. The molecule has 0 aliphatic rings. The van der Waals surface area contributed by atoms with Crippen LogP contribution in [0.1, 0.15) is 297 Å². The Bertz CT molecular complexity index is 640. The van der Waals surface area contributed by atoms with E-state index in [4.69, 9.17) is 19.0 Å². The van der Waals surface area contributed by atoms with Crippen molar-refractivity contribution in [3.8, 4) is 0 Å². The van der Waals surface area contributed by atoms with Crippen LogP contribution in [0.5, 0.6) is 0 Å². The number of hydrogen-bond acceptors (Lipinski definition) is 4. The van der Waals surface area contributed by atoms with Gasteiger partial charge in [0, 0.05) is 25.9 Å². The van der Waals surface area contributed by atoms with Crippen LogP contribution in [0.4, 0.5) is 0 Å². The molecule has 0 fully saturated rings. The molecule has 0 spiro atoms. The summed E-state index contributed by atoms with van der Waals surface area (Å²) in [5.41, 5.74) is 6.19. The molecule has 0 saturated heterocycles. The lowest BCUT2D eigenvalue weighted by atomic mass is 10.0. The fourth-order valence-corrected chi connectivity index (χ4v) is 11.4. The smallest absolute Gasteiger partial charge is 0.373 e. The van der Waals surface area contributed by atoms with Crippen molar-refractivity contribution in [3.05, 3.63) is 0 Å². The highest BCUT2D eigenvalue weighted by Crippen LogP contribution is 2.24. The molecule has 344 valence electrons. The van der Waals surface area contributed by atoms with E-state index in [0.29, 0.717) is 12.5 Å². The second-order valence-corrected chi connectivity index (χ2v) is 21.2. The molecule has 0 aliphatic carbocycles. The maximum atomic E-state index is 6.79. The summed E-state index contributed by atoms with van der Waals surface area (Å²) < 4.78 is 20.4. The first-order chi connectivity index (χ1) is 28.1. The average molecular weight is 825 g/mol. The molecule has 57 heavy (non-hydrogen) atoms. The van der Waals surface area contributed by atoms with E-state index in [9.17, 15) is 0 Å². The molecule has 0 radical (unpaired) electrons. The lowest BCUT2D eigenvalue weighted by molar-refractivity contribution is 0.0521. The molecule has 0 bridgehead atoms. The third-order valence-corrected chi connectivity index (χ3v) is 15.6. The van der Waals surface area contributed by atoms with Gasteiger partial charge in [-0.05, 0) is 31.7 Å². The molecule has 0 heterocycles. The summed E-state index contributed by atoms with van der Waals surface area (Å²) in [6.07, 6.45) is 57.9. The van der Waals surface area contributed by atoms with Crippen molar-refractivity contribution in [1.82, 2.24) is 0 Å².